The molecule has 7 heteroatoms. The van der Waals surface area contributed by atoms with Gasteiger partial charge in [0.2, 0.25) is 5.91 Å². The Morgan fingerprint density at radius 2 is 2.17 bits per heavy atom. The molecule has 0 aromatic carbocycles. The average Bonchev–Trinajstić information content (AvgIpc) is 2.29. The molecule has 0 saturated heterocycles. The van der Waals surface area contributed by atoms with E-state index in [2.05, 4.69) is 5.32 Å². The van der Waals surface area contributed by atoms with Gasteiger partial charge in [-0.05, 0) is 5.92 Å². The van der Waals surface area contributed by atoms with Crippen LogP contribution in [0, 0.1) is 16.0 Å². The molecule has 0 atom stereocenters. The molecule has 0 fully saturated rings. The minimum atomic E-state index is -0.609. The second-order valence-corrected chi connectivity index (χ2v) is 4.31. The molecule has 1 aromatic rings. The molecule has 0 radical (unpaired) electrons. The molecule has 1 N–H and O–H groups in total. The number of pyridine rings is 1. The highest BCUT2D eigenvalue weighted by atomic mass is 16.6. The quantitative estimate of drug-likeness (QED) is 0.611. The van der Waals surface area contributed by atoms with Crippen molar-refractivity contribution in [2.75, 3.05) is 6.54 Å². The van der Waals surface area contributed by atoms with E-state index in [4.69, 9.17) is 0 Å². The average molecular weight is 253 g/mol. The van der Waals surface area contributed by atoms with E-state index in [1.807, 2.05) is 13.8 Å². The van der Waals surface area contributed by atoms with Gasteiger partial charge in [-0.1, -0.05) is 13.8 Å². The number of aromatic nitrogens is 1. The van der Waals surface area contributed by atoms with Gasteiger partial charge >= 0.3 is 0 Å². The summed E-state index contributed by atoms with van der Waals surface area (Å²) < 4.78 is 1.02. The second kappa shape index (κ2) is 5.95. The second-order valence-electron chi connectivity index (χ2n) is 4.31. The molecule has 1 heterocycles. The van der Waals surface area contributed by atoms with E-state index in [0.717, 1.165) is 22.9 Å². The Balaban J connectivity index is 2.77. The number of nitro groups is 1. The van der Waals surface area contributed by atoms with Crippen LogP contribution in [-0.4, -0.2) is 21.9 Å². The fraction of sp³-hybridized carbons (Fsp3) is 0.455. The van der Waals surface area contributed by atoms with Crippen molar-refractivity contribution in [3.8, 4) is 0 Å². The Morgan fingerprint density at radius 3 is 2.72 bits per heavy atom. The van der Waals surface area contributed by atoms with Gasteiger partial charge in [0.05, 0.1) is 11.1 Å². The van der Waals surface area contributed by atoms with Gasteiger partial charge in [0.25, 0.3) is 11.2 Å². The van der Waals surface area contributed by atoms with Crippen LogP contribution in [0.4, 0.5) is 5.69 Å². The molecule has 1 amide bonds. The SMILES string of the molecule is CC(C)CNC(=O)Cn1cc([N+](=O)[O-])ccc1=O. The number of rotatable bonds is 5. The highest BCUT2D eigenvalue weighted by Crippen LogP contribution is 2.05. The van der Waals surface area contributed by atoms with Crippen molar-refractivity contribution in [3.05, 3.63) is 38.8 Å². The molecule has 7 nitrogen and oxygen atoms in total. The van der Waals surface area contributed by atoms with Gasteiger partial charge in [-0.25, -0.2) is 0 Å². The summed E-state index contributed by atoms with van der Waals surface area (Å²) in [5.41, 5.74) is -0.661. The number of nitrogens with zero attached hydrogens (tertiary/aromatic N) is 2. The number of hydrogen-bond acceptors (Lipinski definition) is 4. The summed E-state index contributed by atoms with van der Waals surface area (Å²) in [5, 5.41) is 13.2. The van der Waals surface area contributed by atoms with Crippen molar-refractivity contribution in [1.82, 2.24) is 9.88 Å². The van der Waals surface area contributed by atoms with Gasteiger partial charge in [0.15, 0.2) is 0 Å². The summed E-state index contributed by atoms with van der Waals surface area (Å²) in [6.45, 7) is 4.18. The zero-order valence-electron chi connectivity index (χ0n) is 10.3. The lowest BCUT2D eigenvalue weighted by atomic mass is 10.2. The molecule has 98 valence electrons. The molecule has 0 aliphatic rings. The predicted molar refractivity (Wildman–Crippen MR) is 65.2 cm³/mol. The Kier molecular flexibility index (Phi) is 4.59. The maximum absolute atomic E-state index is 11.5. The Labute approximate surface area is 104 Å². The standard InChI is InChI=1S/C11H15N3O4/c1-8(2)5-12-10(15)7-13-6-9(14(17)18)3-4-11(13)16/h3-4,6,8H,5,7H2,1-2H3,(H,12,15). The summed E-state index contributed by atoms with van der Waals surface area (Å²) in [5.74, 6) is -0.0397. The zero-order chi connectivity index (χ0) is 13.7. The van der Waals surface area contributed by atoms with E-state index in [1.165, 1.54) is 0 Å². The molecule has 0 bridgehead atoms. The predicted octanol–water partition coefficient (Wildman–Crippen LogP) is 0.529. The largest absolute Gasteiger partial charge is 0.354 e. The van der Waals surface area contributed by atoms with E-state index in [1.54, 1.807) is 0 Å². The van der Waals surface area contributed by atoms with Crippen molar-refractivity contribution in [3.63, 3.8) is 0 Å². The van der Waals surface area contributed by atoms with E-state index < -0.39 is 10.5 Å². The molecule has 0 saturated carbocycles. The van der Waals surface area contributed by atoms with Crippen LogP contribution in [0.25, 0.3) is 0 Å². The maximum atomic E-state index is 11.5. The molecule has 0 unspecified atom stereocenters. The minimum Gasteiger partial charge on any atom is -0.354 e. The lowest BCUT2D eigenvalue weighted by Crippen LogP contribution is -2.33. The monoisotopic (exact) mass is 253 g/mol. The summed E-state index contributed by atoms with van der Waals surface area (Å²) in [7, 11) is 0. The summed E-state index contributed by atoms with van der Waals surface area (Å²) in [6, 6.07) is 2.19. The smallest absolute Gasteiger partial charge is 0.285 e. The Morgan fingerprint density at radius 1 is 1.50 bits per heavy atom. The molecular formula is C11H15N3O4. The normalized spacial score (nSPS) is 10.4. The van der Waals surface area contributed by atoms with Crippen LogP contribution in [0.3, 0.4) is 0 Å². The molecule has 18 heavy (non-hydrogen) atoms. The summed E-state index contributed by atoms with van der Waals surface area (Å²) in [4.78, 5) is 32.9. The number of carbonyl (C=O) groups is 1. The molecular weight excluding hydrogens is 238 g/mol. The topological polar surface area (TPSA) is 94.2 Å². The summed E-state index contributed by atoms with van der Waals surface area (Å²) in [6.07, 6.45) is 1.07. The van der Waals surface area contributed by atoms with Gasteiger partial charge in [-0.2, -0.15) is 0 Å². The fourth-order valence-corrected chi connectivity index (χ4v) is 1.28. The molecule has 0 aliphatic carbocycles. The number of nitrogens with one attached hydrogen (secondary N) is 1. The first-order valence-corrected chi connectivity index (χ1v) is 5.51. The summed E-state index contributed by atoms with van der Waals surface area (Å²) >= 11 is 0. The van der Waals surface area contributed by atoms with Gasteiger partial charge in [-0.3, -0.25) is 24.3 Å². The Hall–Kier alpha value is -2.18. The molecule has 0 aliphatic heterocycles. The van der Waals surface area contributed by atoms with Crippen molar-refractivity contribution >= 4 is 11.6 Å². The number of carbonyl (C=O) groups excluding carboxylic acids is 1. The van der Waals surface area contributed by atoms with Crippen molar-refractivity contribution in [1.29, 1.82) is 0 Å². The van der Waals surface area contributed by atoms with E-state index in [9.17, 15) is 19.7 Å². The lowest BCUT2D eigenvalue weighted by Gasteiger charge is -2.08. The third kappa shape index (κ3) is 4.00. The number of hydrogen-bond donors (Lipinski definition) is 1. The van der Waals surface area contributed by atoms with Crippen molar-refractivity contribution < 1.29 is 9.72 Å². The first kappa shape index (κ1) is 13.9. The highest BCUT2D eigenvalue weighted by molar-refractivity contribution is 5.75. The van der Waals surface area contributed by atoms with Crippen LogP contribution < -0.4 is 10.9 Å². The lowest BCUT2D eigenvalue weighted by molar-refractivity contribution is -0.385. The Bertz CT molecular complexity index is 507. The van der Waals surface area contributed by atoms with Crippen LogP contribution in [0.15, 0.2) is 23.1 Å². The minimum absolute atomic E-state index is 0.215. The van der Waals surface area contributed by atoms with Crippen molar-refractivity contribution in [2.24, 2.45) is 5.92 Å². The third-order valence-corrected chi connectivity index (χ3v) is 2.20. The van der Waals surface area contributed by atoms with Crippen molar-refractivity contribution in [2.45, 2.75) is 20.4 Å². The third-order valence-electron chi connectivity index (χ3n) is 2.20. The maximum Gasteiger partial charge on any atom is 0.285 e. The number of amides is 1. The first-order valence-electron chi connectivity index (χ1n) is 5.51. The first-order chi connectivity index (χ1) is 8.40. The zero-order valence-corrected chi connectivity index (χ0v) is 10.3. The van der Waals surface area contributed by atoms with Crippen LogP contribution in [-0.2, 0) is 11.3 Å². The molecule has 1 aromatic heterocycles. The fourth-order valence-electron chi connectivity index (χ4n) is 1.28. The van der Waals surface area contributed by atoms with Crippen LogP contribution in [0.5, 0.6) is 0 Å². The van der Waals surface area contributed by atoms with Crippen LogP contribution in [0.2, 0.25) is 0 Å². The van der Waals surface area contributed by atoms with Gasteiger partial charge < -0.3 is 5.32 Å². The van der Waals surface area contributed by atoms with Crippen LogP contribution in [0.1, 0.15) is 13.8 Å². The van der Waals surface area contributed by atoms with Gasteiger partial charge in [0, 0.05) is 18.7 Å². The molecule has 0 spiro atoms. The van der Waals surface area contributed by atoms with E-state index in [-0.39, 0.29) is 18.1 Å². The van der Waals surface area contributed by atoms with Crippen LogP contribution >= 0.6 is 0 Å². The van der Waals surface area contributed by atoms with Gasteiger partial charge in [-0.15, -0.1) is 0 Å². The highest BCUT2D eigenvalue weighted by Gasteiger charge is 2.10. The van der Waals surface area contributed by atoms with E-state index in [0.29, 0.717) is 12.5 Å². The van der Waals surface area contributed by atoms with Gasteiger partial charge in [0.1, 0.15) is 6.54 Å². The van der Waals surface area contributed by atoms with E-state index >= 15 is 0 Å². The molecule has 1 rings (SSSR count).